The second-order valence-electron chi connectivity index (χ2n) is 7.32. The van der Waals surface area contributed by atoms with E-state index in [0.29, 0.717) is 11.4 Å². The highest BCUT2D eigenvalue weighted by Gasteiger charge is 2.28. The summed E-state index contributed by atoms with van der Waals surface area (Å²) in [6.07, 6.45) is 0. The lowest BCUT2D eigenvalue weighted by Gasteiger charge is -2.23. The molecular formula is C21H24N2O4S2. The zero-order valence-electron chi connectivity index (χ0n) is 16.8. The molecule has 1 heterocycles. The van der Waals surface area contributed by atoms with Crippen molar-refractivity contribution in [1.29, 1.82) is 0 Å². The number of nitrogens with one attached hydrogen (secondary N) is 1. The molecule has 3 rings (SSSR count). The van der Waals surface area contributed by atoms with E-state index in [0.717, 1.165) is 10.5 Å². The summed E-state index contributed by atoms with van der Waals surface area (Å²) in [5.74, 6) is -1.45. The van der Waals surface area contributed by atoms with Gasteiger partial charge in [0.05, 0.1) is 21.6 Å². The Labute approximate surface area is 175 Å². The molecule has 0 saturated carbocycles. The largest absolute Gasteiger partial charge is 0.324 e. The average molecular weight is 433 g/mol. The lowest BCUT2D eigenvalue weighted by Crippen LogP contribution is -2.35. The number of fused-ring (bicyclic) bond motifs is 1. The maximum atomic E-state index is 12.9. The molecule has 0 unspecified atom stereocenters. The molecule has 29 heavy (non-hydrogen) atoms. The Kier molecular flexibility index (Phi) is 6.05. The van der Waals surface area contributed by atoms with E-state index < -0.39 is 15.8 Å². The number of hydrogen-bond acceptors (Lipinski definition) is 5. The van der Waals surface area contributed by atoms with Crippen LogP contribution in [0.1, 0.15) is 19.4 Å². The zero-order valence-corrected chi connectivity index (χ0v) is 18.4. The maximum Gasteiger partial charge on any atom is 0.237 e. The van der Waals surface area contributed by atoms with Gasteiger partial charge in [-0.25, -0.2) is 8.42 Å². The van der Waals surface area contributed by atoms with Gasteiger partial charge in [-0.3, -0.25) is 9.59 Å². The first-order valence-corrected chi connectivity index (χ1v) is 11.8. The molecule has 0 aliphatic carbocycles. The predicted octanol–water partition coefficient (Wildman–Crippen LogP) is 3.50. The van der Waals surface area contributed by atoms with Gasteiger partial charge in [0.1, 0.15) is 0 Å². The van der Waals surface area contributed by atoms with E-state index in [9.17, 15) is 18.0 Å². The summed E-state index contributed by atoms with van der Waals surface area (Å²) in [6, 6.07) is 12.2. The van der Waals surface area contributed by atoms with Crippen molar-refractivity contribution in [3.05, 3.63) is 48.0 Å². The van der Waals surface area contributed by atoms with Crippen LogP contribution < -0.4 is 10.2 Å². The monoisotopic (exact) mass is 432 g/mol. The Morgan fingerprint density at radius 2 is 1.86 bits per heavy atom. The van der Waals surface area contributed by atoms with E-state index in [1.165, 1.54) is 28.8 Å². The summed E-state index contributed by atoms with van der Waals surface area (Å²) in [4.78, 5) is 27.0. The molecule has 0 saturated heterocycles. The van der Waals surface area contributed by atoms with E-state index >= 15 is 0 Å². The van der Waals surface area contributed by atoms with Crippen LogP contribution in [0.4, 0.5) is 11.4 Å². The van der Waals surface area contributed by atoms with Crippen molar-refractivity contribution in [2.45, 2.75) is 35.8 Å². The van der Waals surface area contributed by atoms with Crippen LogP contribution in [0.25, 0.3) is 0 Å². The molecule has 0 bridgehead atoms. The van der Waals surface area contributed by atoms with E-state index in [2.05, 4.69) is 5.32 Å². The number of hydrogen-bond donors (Lipinski definition) is 1. The lowest BCUT2D eigenvalue weighted by atomic mass is 10.1. The topological polar surface area (TPSA) is 83.6 Å². The minimum atomic E-state index is -3.70. The third-order valence-electron chi connectivity index (χ3n) is 4.88. The van der Waals surface area contributed by atoms with Crippen LogP contribution in [-0.4, -0.2) is 38.3 Å². The predicted molar refractivity (Wildman–Crippen MR) is 116 cm³/mol. The van der Waals surface area contributed by atoms with Crippen molar-refractivity contribution in [1.82, 2.24) is 0 Å². The Morgan fingerprint density at radius 3 is 2.52 bits per heavy atom. The average Bonchev–Trinajstić information content (AvgIpc) is 2.67. The standard InChI is InChI=1S/C21H24N2O4S2/c1-13-5-7-16(8-6-13)23(4)21(25)14(2)12-29(26,27)17-9-10-19-18(11-17)22-20(24)15(3)28-19/h5-11,14-15H,12H2,1-4H3,(H,22,24)/t14-,15-/m0/s1. The van der Waals surface area contributed by atoms with Gasteiger partial charge in [0.15, 0.2) is 9.84 Å². The summed E-state index contributed by atoms with van der Waals surface area (Å²) in [5, 5.41) is 2.52. The number of benzene rings is 2. The smallest absolute Gasteiger partial charge is 0.237 e. The van der Waals surface area contributed by atoms with Gasteiger partial charge in [-0.05, 0) is 44.2 Å². The number of thioether (sulfide) groups is 1. The molecule has 0 spiro atoms. The number of sulfone groups is 1. The molecule has 1 aliphatic rings. The first-order chi connectivity index (χ1) is 13.6. The van der Waals surface area contributed by atoms with Gasteiger partial charge in [0, 0.05) is 23.5 Å². The molecule has 1 N–H and O–H groups in total. The Hall–Kier alpha value is -2.32. The van der Waals surface area contributed by atoms with Crippen LogP contribution >= 0.6 is 11.8 Å². The van der Waals surface area contributed by atoms with Gasteiger partial charge in [-0.1, -0.05) is 24.6 Å². The van der Waals surface area contributed by atoms with Crippen molar-refractivity contribution in [3.63, 3.8) is 0 Å². The number of carbonyl (C=O) groups excluding carboxylic acids is 2. The highest BCUT2D eigenvalue weighted by molar-refractivity contribution is 8.01. The van der Waals surface area contributed by atoms with Gasteiger partial charge in [-0.2, -0.15) is 0 Å². The number of amides is 2. The molecular weight excluding hydrogens is 408 g/mol. The van der Waals surface area contributed by atoms with E-state index in [1.54, 1.807) is 27.0 Å². The van der Waals surface area contributed by atoms with Crippen molar-refractivity contribution < 1.29 is 18.0 Å². The molecule has 0 aromatic heterocycles. The SMILES string of the molecule is Cc1ccc(N(C)C(=O)[C@@H](C)CS(=O)(=O)c2ccc3c(c2)NC(=O)[C@H](C)S3)cc1. The second-order valence-corrected chi connectivity index (χ2v) is 10.7. The fourth-order valence-electron chi connectivity index (χ4n) is 3.10. The third-order valence-corrected chi connectivity index (χ3v) is 7.97. The van der Waals surface area contributed by atoms with Gasteiger partial charge in [0.2, 0.25) is 11.8 Å². The molecule has 1 aliphatic heterocycles. The van der Waals surface area contributed by atoms with Gasteiger partial charge in [-0.15, -0.1) is 11.8 Å². The highest BCUT2D eigenvalue weighted by atomic mass is 32.2. The molecule has 6 nitrogen and oxygen atoms in total. The van der Waals surface area contributed by atoms with Crippen molar-refractivity contribution in [2.75, 3.05) is 23.0 Å². The molecule has 2 amide bonds. The Bertz CT molecular complexity index is 1050. The van der Waals surface area contributed by atoms with E-state index in [4.69, 9.17) is 0 Å². The van der Waals surface area contributed by atoms with Crippen LogP contribution in [0, 0.1) is 12.8 Å². The molecule has 2 aromatic rings. The number of aryl methyl sites for hydroxylation is 1. The van der Waals surface area contributed by atoms with Crippen LogP contribution in [0.3, 0.4) is 0 Å². The molecule has 2 atom stereocenters. The van der Waals surface area contributed by atoms with Gasteiger partial charge >= 0.3 is 0 Å². The Balaban J connectivity index is 1.76. The van der Waals surface area contributed by atoms with Gasteiger partial charge in [0.25, 0.3) is 0 Å². The quantitative estimate of drug-likeness (QED) is 0.782. The maximum absolute atomic E-state index is 12.9. The second kappa shape index (κ2) is 8.20. The first kappa shape index (κ1) is 21.4. The van der Waals surface area contributed by atoms with E-state index in [-0.39, 0.29) is 27.7 Å². The molecule has 2 aromatic carbocycles. The van der Waals surface area contributed by atoms with Crippen LogP contribution in [0.15, 0.2) is 52.3 Å². The summed E-state index contributed by atoms with van der Waals surface area (Å²) in [6.45, 7) is 5.37. The minimum absolute atomic E-state index is 0.101. The fourth-order valence-corrected chi connectivity index (χ4v) is 5.60. The molecule has 0 fully saturated rings. The fraction of sp³-hybridized carbons (Fsp3) is 0.333. The molecule has 8 heteroatoms. The van der Waals surface area contributed by atoms with Crippen LogP contribution in [-0.2, 0) is 19.4 Å². The first-order valence-electron chi connectivity index (χ1n) is 9.27. The van der Waals surface area contributed by atoms with Crippen LogP contribution in [0.5, 0.6) is 0 Å². The normalized spacial score (nSPS) is 17.2. The minimum Gasteiger partial charge on any atom is -0.324 e. The van der Waals surface area contributed by atoms with Crippen molar-refractivity contribution in [3.8, 4) is 0 Å². The van der Waals surface area contributed by atoms with Gasteiger partial charge < -0.3 is 10.2 Å². The number of nitrogens with zero attached hydrogens (tertiary/aromatic N) is 1. The summed E-state index contributed by atoms with van der Waals surface area (Å²) < 4.78 is 25.8. The zero-order chi connectivity index (χ0) is 21.3. The van der Waals surface area contributed by atoms with E-state index in [1.807, 2.05) is 31.2 Å². The molecule has 0 radical (unpaired) electrons. The summed E-state index contributed by atoms with van der Waals surface area (Å²) in [7, 11) is -2.06. The summed E-state index contributed by atoms with van der Waals surface area (Å²) in [5.41, 5.74) is 2.29. The highest BCUT2D eigenvalue weighted by Crippen LogP contribution is 2.37. The van der Waals surface area contributed by atoms with Crippen molar-refractivity contribution in [2.24, 2.45) is 5.92 Å². The number of rotatable bonds is 5. The number of anilines is 2. The lowest BCUT2D eigenvalue weighted by molar-refractivity contribution is -0.121. The summed E-state index contributed by atoms with van der Waals surface area (Å²) >= 11 is 1.39. The van der Waals surface area contributed by atoms with Crippen LogP contribution in [0.2, 0.25) is 0 Å². The van der Waals surface area contributed by atoms with Crippen molar-refractivity contribution >= 4 is 44.8 Å². The molecule has 154 valence electrons. The Morgan fingerprint density at radius 1 is 1.21 bits per heavy atom. The third kappa shape index (κ3) is 4.64. The number of carbonyl (C=O) groups is 2.